The van der Waals surface area contributed by atoms with Crippen LogP contribution in [0.1, 0.15) is 5.56 Å². The summed E-state index contributed by atoms with van der Waals surface area (Å²) in [6.07, 6.45) is 0. The molecule has 0 unspecified atom stereocenters. The first-order chi connectivity index (χ1) is 9.54. The molecule has 0 spiro atoms. The van der Waals surface area contributed by atoms with Crippen LogP contribution in [-0.4, -0.2) is 9.91 Å². The Bertz CT molecular complexity index is 826. The zero-order chi connectivity index (χ0) is 14.3. The lowest BCUT2D eigenvalue weighted by molar-refractivity contribution is -0.384. The topological polar surface area (TPSA) is 82.0 Å². The van der Waals surface area contributed by atoms with Gasteiger partial charge in [-0.15, -0.1) is 11.3 Å². The van der Waals surface area contributed by atoms with Gasteiger partial charge in [0.05, 0.1) is 15.1 Å². The zero-order valence-electron chi connectivity index (χ0n) is 10.7. The quantitative estimate of drug-likeness (QED) is 0.441. The van der Waals surface area contributed by atoms with Crippen molar-refractivity contribution in [3.05, 3.63) is 52.1 Å². The molecule has 0 radical (unpaired) electrons. The van der Waals surface area contributed by atoms with E-state index in [0.717, 1.165) is 32.0 Å². The van der Waals surface area contributed by atoms with Crippen LogP contribution in [0.4, 0.5) is 11.4 Å². The molecule has 0 fully saturated rings. The first-order valence-corrected chi connectivity index (χ1v) is 6.78. The molecule has 3 aromatic rings. The van der Waals surface area contributed by atoms with Crippen LogP contribution < -0.4 is 5.73 Å². The average molecular weight is 285 g/mol. The second-order valence-electron chi connectivity index (χ2n) is 4.50. The highest BCUT2D eigenvalue weighted by Crippen LogP contribution is 2.33. The van der Waals surface area contributed by atoms with E-state index in [2.05, 4.69) is 4.98 Å². The Labute approximate surface area is 118 Å². The van der Waals surface area contributed by atoms with Gasteiger partial charge in [0.1, 0.15) is 5.01 Å². The number of anilines is 1. The third kappa shape index (κ3) is 2.10. The molecule has 1 aromatic heterocycles. The Hall–Kier alpha value is -2.47. The molecule has 0 amide bonds. The van der Waals surface area contributed by atoms with Crippen molar-refractivity contribution in [2.75, 3.05) is 5.73 Å². The number of nitro groups is 1. The second-order valence-corrected chi connectivity index (χ2v) is 5.53. The summed E-state index contributed by atoms with van der Waals surface area (Å²) in [5.74, 6) is 0. The summed E-state index contributed by atoms with van der Waals surface area (Å²) >= 11 is 1.44. The molecule has 2 aromatic carbocycles. The number of aromatic nitrogens is 1. The molecule has 0 atom stereocenters. The normalized spacial score (nSPS) is 10.8. The maximum Gasteiger partial charge on any atom is 0.270 e. The molecule has 0 aliphatic rings. The van der Waals surface area contributed by atoms with E-state index in [1.807, 2.05) is 25.1 Å². The molecule has 100 valence electrons. The van der Waals surface area contributed by atoms with Gasteiger partial charge in [0.2, 0.25) is 0 Å². The number of nitrogens with zero attached hydrogens (tertiary/aromatic N) is 2. The molecular weight excluding hydrogens is 274 g/mol. The predicted octanol–water partition coefficient (Wildman–Crippen LogP) is 3.76. The van der Waals surface area contributed by atoms with E-state index in [0.29, 0.717) is 0 Å². The van der Waals surface area contributed by atoms with Crippen molar-refractivity contribution in [1.82, 2.24) is 4.98 Å². The number of thiazole rings is 1. The van der Waals surface area contributed by atoms with Crippen LogP contribution in [0.25, 0.3) is 20.8 Å². The van der Waals surface area contributed by atoms with E-state index in [-0.39, 0.29) is 5.69 Å². The minimum absolute atomic E-state index is 0.0844. The number of benzene rings is 2. The highest BCUT2D eigenvalue weighted by molar-refractivity contribution is 7.21. The third-order valence-corrected chi connectivity index (χ3v) is 4.17. The van der Waals surface area contributed by atoms with Gasteiger partial charge in [0.25, 0.3) is 5.69 Å². The van der Waals surface area contributed by atoms with E-state index in [4.69, 9.17) is 5.73 Å². The molecule has 0 bridgehead atoms. The van der Waals surface area contributed by atoms with Crippen LogP contribution in [0, 0.1) is 17.0 Å². The van der Waals surface area contributed by atoms with Gasteiger partial charge < -0.3 is 5.73 Å². The van der Waals surface area contributed by atoms with Crippen LogP contribution in [0.2, 0.25) is 0 Å². The zero-order valence-corrected chi connectivity index (χ0v) is 11.5. The SMILES string of the molecule is Cc1cc(-c2nc3ccc([N+](=O)[O-])cc3s2)ccc1N. The van der Waals surface area contributed by atoms with Crippen LogP contribution in [0.3, 0.4) is 0 Å². The molecule has 0 saturated heterocycles. The third-order valence-electron chi connectivity index (χ3n) is 3.10. The van der Waals surface area contributed by atoms with Crippen molar-refractivity contribution < 1.29 is 4.92 Å². The number of nitro benzene ring substituents is 1. The van der Waals surface area contributed by atoms with Crippen molar-refractivity contribution >= 4 is 32.9 Å². The van der Waals surface area contributed by atoms with Crippen molar-refractivity contribution in [3.63, 3.8) is 0 Å². The molecular formula is C14H11N3O2S. The summed E-state index contributed by atoms with van der Waals surface area (Å²) in [6, 6.07) is 10.4. The average Bonchev–Trinajstić information content (AvgIpc) is 2.84. The molecule has 6 heteroatoms. The highest BCUT2D eigenvalue weighted by atomic mass is 32.1. The number of rotatable bonds is 2. The van der Waals surface area contributed by atoms with Crippen molar-refractivity contribution in [2.24, 2.45) is 0 Å². The van der Waals surface area contributed by atoms with Crippen LogP contribution in [0.5, 0.6) is 0 Å². The molecule has 0 aliphatic heterocycles. The van der Waals surface area contributed by atoms with Gasteiger partial charge in [0.15, 0.2) is 0 Å². The maximum absolute atomic E-state index is 10.8. The van der Waals surface area contributed by atoms with E-state index >= 15 is 0 Å². The highest BCUT2D eigenvalue weighted by Gasteiger charge is 2.11. The Balaban J connectivity index is 2.12. The largest absolute Gasteiger partial charge is 0.399 e. The van der Waals surface area contributed by atoms with Gasteiger partial charge in [-0.25, -0.2) is 4.98 Å². The number of fused-ring (bicyclic) bond motifs is 1. The summed E-state index contributed by atoms with van der Waals surface area (Å²) in [4.78, 5) is 14.9. The number of nitrogens with two attached hydrogens (primary N) is 1. The van der Waals surface area contributed by atoms with Gasteiger partial charge in [-0.3, -0.25) is 10.1 Å². The maximum atomic E-state index is 10.8. The monoisotopic (exact) mass is 285 g/mol. The molecule has 3 rings (SSSR count). The van der Waals surface area contributed by atoms with Gasteiger partial charge in [-0.2, -0.15) is 0 Å². The van der Waals surface area contributed by atoms with Crippen molar-refractivity contribution in [2.45, 2.75) is 6.92 Å². The first kappa shape index (κ1) is 12.6. The number of hydrogen-bond donors (Lipinski definition) is 1. The fourth-order valence-corrected chi connectivity index (χ4v) is 2.95. The standard InChI is InChI=1S/C14H11N3O2S/c1-8-6-9(2-4-11(8)15)14-16-12-5-3-10(17(18)19)7-13(12)20-14/h2-7H,15H2,1H3. The number of non-ortho nitro benzene ring substituents is 1. The Kier molecular flexibility index (Phi) is 2.87. The molecule has 2 N–H and O–H groups in total. The Morgan fingerprint density at radius 2 is 2.05 bits per heavy atom. The molecule has 0 aliphatic carbocycles. The summed E-state index contributed by atoms with van der Waals surface area (Å²) < 4.78 is 0.809. The predicted molar refractivity (Wildman–Crippen MR) is 80.9 cm³/mol. The van der Waals surface area contributed by atoms with Gasteiger partial charge in [-0.05, 0) is 36.8 Å². The first-order valence-electron chi connectivity index (χ1n) is 5.96. The summed E-state index contributed by atoms with van der Waals surface area (Å²) in [5.41, 5.74) is 9.36. The smallest absolute Gasteiger partial charge is 0.270 e. The summed E-state index contributed by atoms with van der Waals surface area (Å²) in [7, 11) is 0. The lowest BCUT2D eigenvalue weighted by atomic mass is 10.1. The van der Waals surface area contributed by atoms with Crippen molar-refractivity contribution in [1.29, 1.82) is 0 Å². The van der Waals surface area contributed by atoms with Crippen LogP contribution in [0.15, 0.2) is 36.4 Å². The number of hydrogen-bond acceptors (Lipinski definition) is 5. The second kappa shape index (κ2) is 4.57. The lowest BCUT2D eigenvalue weighted by Gasteiger charge is -2.01. The molecule has 5 nitrogen and oxygen atoms in total. The van der Waals surface area contributed by atoms with Gasteiger partial charge >= 0.3 is 0 Å². The summed E-state index contributed by atoms with van der Waals surface area (Å²) in [6.45, 7) is 1.94. The van der Waals surface area contributed by atoms with E-state index in [9.17, 15) is 10.1 Å². The Morgan fingerprint density at radius 3 is 2.75 bits per heavy atom. The minimum Gasteiger partial charge on any atom is -0.399 e. The fraction of sp³-hybridized carbons (Fsp3) is 0.0714. The van der Waals surface area contributed by atoms with E-state index in [1.165, 1.54) is 17.4 Å². The molecule has 1 heterocycles. The van der Waals surface area contributed by atoms with Crippen LogP contribution >= 0.6 is 11.3 Å². The lowest BCUT2D eigenvalue weighted by Crippen LogP contribution is -1.89. The fourth-order valence-electron chi connectivity index (χ4n) is 1.96. The summed E-state index contributed by atoms with van der Waals surface area (Å²) in [5, 5.41) is 11.6. The van der Waals surface area contributed by atoms with Crippen LogP contribution in [-0.2, 0) is 0 Å². The molecule has 0 saturated carbocycles. The van der Waals surface area contributed by atoms with Gasteiger partial charge in [0, 0.05) is 23.4 Å². The molecule has 20 heavy (non-hydrogen) atoms. The van der Waals surface area contributed by atoms with E-state index < -0.39 is 4.92 Å². The Morgan fingerprint density at radius 1 is 1.25 bits per heavy atom. The minimum atomic E-state index is -0.397. The van der Waals surface area contributed by atoms with Crippen molar-refractivity contribution in [3.8, 4) is 10.6 Å². The van der Waals surface area contributed by atoms with E-state index in [1.54, 1.807) is 12.1 Å². The number of aryl methyl sites for hydroxylation is 1. The van der Waals surface area contributed by atoms with Gasteiger partial charge in [-0.1, -0.05) is 0 Å². The number of nitrogen functional groups attached to an aromatic ring is 1.